The van der Waals surface area contributed by atoms with Crippen LogP contribution < -0.4 is 10.7 Å². The number of nitrogens with one attached hydrogen (secondary N) is 2. The van der Waals surface area contributed by atoms with Crippen molar-refractivity contribution in [2.24, 2.45) is 5.10 Å². The second-order valence-corrected chi connectivity index (χ2v) is 5.92. The molecule has 0 bridgehead atoms. The van der Waals surface area contributed by atoms with Crippen LogP contribution in [0.3, 0.4) is 0 Å². The molecule has 0 fully saturated rings. The lowest BCUT2D eigenvalue weighted by Crippen LogP contribution is -2.26. The number of hydrogen-bond acceptors (Lipinski definition) is 3. The maximum Gasteiger partial charge on any atom is 0.259 e. The van der Waals surface area contributed by atoms with Gasteiger partial charge in [-0.1, -0.05) is 52.5 Å². The molecule has 1 amide bonds. The zero-order valence-corrected chi connectivity index (χ0v) is 11.9. The van der Waals surface area contributed by atoms with E-state index >= 15 is 0 Å². The molecule has 1 aromatic carbocycles. The fraction of sp³-hybridized carbons (Fsp3) is 0.273. The second-order valence-electron chi connectivity index (χ2n) is 3.55. The third kappa shape index (κ3) is 6.69. The Morgan fingerprint density at radius 3 is 2.50 bits per heavy atom. The lowest BCUT2D eigenvalue weighted by Gasteiger charge is -2.06. The van der Waals surface area contributed by atoms with Crippen molar-refractivity contribution in [1.29, 1.82) is 0 Å². The van der Waals surface area contributed by atoms with Crippen molar-refractivity contribution in [2.45, 2.75) is 10.7 Å². The number of benzene rings is 1. The molecule has 18 heavy (non-hydrogen) atoms. The SMILES string of the molecule is Cc1ccc(NCC(=O)N/N=C/C(Cl)(Cl)Cl)cc1. The van der Waals surface area contributed by atoms with Crippen molar-refractivity contribution in [3.63, 3.8) is 0 Å². The van der Waals surface area contributed by atoms with E-state index in [9.17, 15) is 4.79 Å². The first-order chi connectivity index (χ1) is 8.37. The molecule has 0 saturated carbocycles. The smallest absolute Gasteiger partial charge is 0.259 e. The number of rotatable bonds is 4. The van der Waals surface area contributed by atoms with Gasteiger partial charge < -0.3 is 5.32 Å². The Labute approximate surface area is 120 Å². The molecule has 4 nitrogen and oxygen atoms in total. The Morgan fingerprint density at radius 2 is 1.94 bits per heavy atom. The van der Waals surface area contributed by atoms with Crippen LogP contribution in [-0.4, -0.2) is 22.5 Å². The molecule has 0 heterocycles. The summed E-state index contributed by atoms with van der Waals surface area (Å²) >= 11 is 16.3. The van der Waals surface area contributed by atoms with E-state index in [1.165, 1.54) is 0 Å². The van der Waals surface area contributed by atoms with Gasteiger partial charge in [0.05, 0.1) is 12.8 Å². The molecule has 1 aromatic rings. The molecule has 0 aliphatic heterocycles. The zero-order valence-electron chi connectivity index (χ0n) is 9.58. The summed E-state index contributed by atoms with van der Waals surface area (Å²) in [6.45, 7) is 2.07. The van der Waals surface area contributed by atoms with Crippen molar-refractivity contribution in [3.05, 3.63) is 29.8 Å². The van der Waals surface area contributed by atoms with Gasteiger partial charge in [0.15, 0.2) is 0 Å². The second kappa shape index (κ2) is 6.83. The number of aryl methyl sites for hydroxylation is 1. The Hall–Kier alpha value is -0.970. The summed E-state index contributed by atoms with van der Waals surface area (Å²) in [5.74, 6) is -0.332. The van der Waals surface area contributed by atoms with E-state index in [1.807, 2.05) is 31.2 Å². The van der Waals surface area contributed by atoms with Crippen LogP contribution >= 0.6 is 34.8 Å². The standard InChI is InChI=1S/C11H12Cl3N3O/c1-8-2-4-9(5-3-8)15-6-10(18)17-16-7-11(12,13)14/h2-5,7,15H,6H2,1H3,(H,17,18)/b16-7+. The number of hydrazone groups is 1. The number of halogens is 3. The maximum absolute atomic E-state index is 11.4. The summed E-state index contributed by atoms with van der Waals surface area (Å²) in [6, 6.07) is 7.66. The number of nitrogens with zero attached hydrogens (tertiary/aromatic N) is 1. The maximum atomic E-state index is 11.4. The Kier molecular flexibility index (Phi) is 5.72. The monoisotopic (exact) mass is 307 g/mol. The molecular formula is C11H12Cl3N3O. The number of carbonyl (C=O) groups excluding carboxylic acids is 1. The minimum atomic E-state index is -1.61. The van der Waals surface area contributed by atoms with Crippen LogP contribution in [0.5, 0.6) is 0 Å². The Morgan fingerprint density at radius 1 is 1.33 bits per heavy atom. The van der Waals surface area contributed by atoms with Gasteiger partial charge in [-0.25, -0.2) is 5.43 Å². The van der Waals surface area contributed by atoms with Crippen LogP contribution in [0.2, 0.25) is 0 Å². The van der Waals surface area contributed by atoms with Gasteiger partial charge in [-0.3, -0.25) is 4.79 Å². The highest BCUT2D eigenvalue weighted by Gasteiger charge is 2.15. The van der Waals surface area contributed by atoms with Gasteiger partial charge in [0.2, 0.25) is 3.79 Å². The van der Waals surface area contributed by atoms with Gasteiger partial charge in [0.25, 0.3) is 5.91 Å². The van der Waals surface area contributed by atoms with Crippen LogP contribution in [0.1, 0.15) is 5.56 Å². The van der Waals surface area contributed by atoms with Gasteiger partial charge in [-0.05, 0) is 19.1 Å². The molecular weight excluding hydrogens is 296 g/mol. The molecule has 0 atom stereocenters. The average Bonchev–Trinajstić information content (AvgIpc) is 2.26. The van der Waals surface area contributed by atoms with E-state index in [4.69, 9.17) is 34.8 Å². The van der Waals surface area contributed by atoms with E-state index in [2.05, 4.69) is 15.8 Å². The predicted molar refractivity (Wildman–Crippen MR) is 76.6 cm³/mol. The van der Waals surface area contributed by atoms with Crippen LogP contribution in [0.15, 0.2) is 29.4 Å². The minimum Gasteiger partial charge on any atom is -0.376 e. The Balaban J connectivity index is 2.33. The van der Waals surface area contributed by atoms with Crippen LogP contribution in [-0.2, 0) is 4.79 Å². The van der Waals surface area contributed by atoms with Crippen molar-refractivity contribution >= 4 is 52.6 Å². The van der Waals surface area contributed by atoms with E-state index in [1.54, 1.807) is 0 Å². The summed E-state index contributed by atoms with van der Waals surface area (Å²) in [5, 5.41) is 6.44. The van der Waals surface area contributed by atoms with Crippen LogP contribution in [0, 0.1) is 6.92 Å². The normalized spacial score (nSPS) is 11.6. The van der Waals surface area contributed by atoms with Crippen LogP contribution in [0.25, 0.3) is 0 Å². The van der Waals surface area contributed by atoms with Crippen molar-refractivity contribution in [3.8, 4) is 0 Å². The van der Waals surface area contributed by atoms with Crippen molar-refractivity contribution in [1.82, 2.24) is 5.43 Å². The molecule has 0 radical (unpaired) electrons. The summed E-state index contributed by atoms with van der Waals surface area (Å²) in [7, 11) is 0. The molecule has 0 aliphatic rings. The molecule has 0 aromatic heterocycles. The molecule has 0 unspecified atom stereocenters. The summed E-state index contributed by atoms with van der Waals surface area (Å²) in [4.78, 5) is 11.4. The van der Waals surface area contributed by atoms with Gasteiger partial charge in [-0.15, -0.1) is 0 Å². The van der Waals surface area contributed by atoms with Gasteiger partial charge in [-0.2, -0.15) is 5.10 Å². The molecule has 0 aliphatic carbocycles. The third-order valence-electron chi connectivity index (χ3n) is 1.90. The largest absolute Gasteiger partial charge is 0.376 e. The fourth-order valence-corrected chi connectivity index (χ4v) is 1.22. The lowest BCUT2D eigenvalue weighted by molar-refractivity contribution is -0.119. The van der Waals surface area contributed by atoms with Gasteiger partial charge in [0, 0.05) is 5.69 Å². The Bertz CT molecular complexity index is 426. The lowest BCUT2D eigenvalue weighted by atomic mass is 10.2. The first-order valence-electron chi connectivity index (χ1n) is 5.07. The molecule has 0 saturated heterocycles. The van der Waals surface area contributed by atoms with Crippen molar-refractivity contribution in [2.75, 3.05) is 11.9 Å². The topological polar surface area (TPSA) is 53.5 Å². The summed E-state index contributed by atoms with van der Waals surface area (Å²) in [6.07, 6.45) is 1.02. The molecule has 2 N–H and O–H groups in total. The highest BCUT2D eigenvalue weighted by molar-refractivity contribution is 6.74. The van der Waals surface area contributed by atoms with E-state index in [-0.39, 0.29) is 12.5 Å². The predicted octanol–water partition coefficient (Wildman–Crippen LogP) is 2.88. The minimum absolute atomic E-state index is 0.0836. The summed E-state index contributed by atoms with van der Waals surface area (Å²) < 4.78 is -1.61. The highest BCUT2D eigenvalue weighted by Crippen LogP contribution is 2.22. The van der Waals surface area contributed by atoms with Gasteiger partial charge in [0.1, 0.15) is 0 Å². The van der Waals surface area contributed by atoms with Crippen molar-refractivity contribution < 1.29 is 4.79 Å². The zero-order chi connectivity index (χ0) is 13.6. The third-order valence-corrected chi connectivity index (χ3v) is 2.20. The average molecular weight is 309 g/mol. The van der Waals surface area contributed by atoms with Gasteiger partial charge >= 0.3 is 0 Å². The number of amides is 1. The molecule has 1 rings (SSSR count). The number of carbonyl (C=O) groups is 1. The first kappa shape index (κ1) is 15.1. The quantitative estimate of drug-likeness (QED) is 0.510. The molecule has 0 spiro atoms. The molecule has 98 valence electrons. The fourth-order valence-electron chi connectivity index (χ4n) is 1.07. The van der Waals surface area contributed by atoms with E-state index in [0.717, 1.165) is 17.5 Å². The number of anilines is 1. The summed E-state index contributed by atoms with van der Waals surface area (Å²) in [5.41, 5.74) is 4.23. The van der Waals surface area contributed by atoms with E-state index in [0.29, 0.717) is 0 Å². The van der Waals surface area contributed by atoms with Crippen LogP contribution in [0.4, 0.5) is 5.69 Å². The van der Waals surface area contributed by atoms with E-state index < -0.39 is 3.79 Å². The first-order valence-corrected chi connectivity index (χ1v) is 6.20. The highest BCUT2D eigenvalue weighted by atomic mass is 35.6. The number of alkyl halides is 3. The molecule has 7 heteroatoms. The number of hydrogen-bond donors (Lipinski definition) is 2.